The number of hydrogen-bond donors (Lipinski definition) is 2. The lowest BCUT2D eigenvalue weighted by Gasteiger charge is -2.09. The first-order chi connectivity index (χ1) is 5.33. The van der Waals surface area contributed by atoms with E-state index in [2.05, 4.69) is 10.6 Å². The van der Waals surface area contributed by atoms with E-state index in [-0.39, 0.29) is 5.91 Å². The largest absolute Gasteiger partial charge is 0.351 e. The van der Waals surface area contributed by atoms with Crippen LogP contribution in [0.15, 0.2) is 0 Å². The van der Waals surface area contributed by atoms with Crippen LogP contribution in [0.4, 0.5) is 0 Å². The summed E-state index contributed by atoms with van der Waals surface area (Å²) in [6.07, 6.45) is 3.01. The second kappa shape index (κ2) is 4.62. The van der Waals surface area contributed by atoms with Crippen molar-refractivity contribution in [2.24, 2.45) is 0 Å². The average molecular weight is 174 g/mol. The second-order valence-electron chi connectivity index (χ2n) is 2.69. The molecule has 1 heterocycles. The maximum atomic E-state index is 11.0. The highest BCUT2D eigenvalue weighted by molar-refractivity contribution is 7.99. The smallest absolute Gasteiger partial charge is 0.230 e. The Morgan fingerprint density at radius 1 is 1.82 bits per heavy atom. The van der Waals surface area contributed by atoms with E-state index in [9.17, 15) is 4.79 Å². The molecule has 1 fully saturated rings. The summed E-state index contributed by atoms with van der Waals surface area (Å²) < 4.78 is 0. The van der Waals surface area contributed by atoms with E-state index < -0.39 is 0 Å². The Kier molecular flexibility index (Phi) is 3.72. The number of thioether (sulfide) groups is 1. The minimum atomic E-state index is 0.159. The summed E-state index contributed by atoms with van der Waals surface area (Å²) in [5, 5.41) is 6.16. The Balaban J connectivity index is 2.13. The molecule has 1 amide bonds. The Morgan fingerprint density at radius 2 is 2.64 bits per heavy atom. The van der Waals surface area contributed by atoms with Gasteiger partial charge in [0, 0.05) is 12.6 Å². The Labute approximate surface area is 71.3 Å². The summed E-state index contributed by atoms with van der Waals surface area (Å²) in [7, 11) is 0. The van der Waals surface area contributed by atoms with Crippen LogP contribution in [0, 0.1) is 0 Å². The molecule has 2 N–H and O–H groups in total. The molecule has 0 aliphatic carbocycles. The summed E-state index contributed by atoms with van der Waals surface area (Å²) in [6.45, 7) is 1.96. The van der Waals surface area contributed by atoms with Gasteiger partial charge in [0.15, 0.2) is 0 Å². The van der Waals surface area contributed by atoms with Crippen molar-refractivity contribution in [1.82, 2.24) is 10.6 Å². The predicted octanol–water partition coefficient (Wildman–Crippen LogP) is -0.172. The highest BCUT2D eigenvalue weighted by atomic mass is 32.2. The number of hydrogen-bond acceptors (Lipinski definition) is 3. The molecule has 1 aliphatic heterocycles. The summed E-state index contributed by atoms with van der Waals surface area (Å²) in [5.41, 5.74) is 0. The number of rotatable bonds is 3. The van der Waals surface area contributed by atoms with E-state index in [1.807, 2.05) is 6.26 Å². The quantitative estimate of drug-likeness (QED) is 0.624. The van der Waals surface area contributed by atoms with E-state index in [4.69, 9.17) is 0 Å². The standard InChI is InChI=1S/C7H14N2OS/c1-11-5-7(10)9-6-2-3-8-4-6/h6,8H,2-5H2,1H3,(H,9,10)/t6-/m0/s1. The molecule has 0 aromatic carbocycles. The van der Waals surface area contributed by atoms with Gasteiger partial charge in [-0.05, 0) is 19.2 Å². The van der Waals surface area contributed by atoms with Crippen LogP contribution in [0.2, 0.25) is 0 Å². The monoisotopic (exact) mass is 174 g/mol. The molecule has 0 bridgehead atoms. The molecular formula is C7H14N2OS. The van der Waals surface area contributed by atoms with Crippen molar-refractivity contribution in [2.75, 3.05) is 25.1 Å². The van der Waals surface area contributed by atoms with Crippen molar-refractivity contribution < 1.29 is 4.79 Å². The van der Waals surface area contributed by atoms with Crippen LogP contribution in [-0.4, -0.2) is 37.0 Å². The van der Waals surface area contributed by atoms with Gasteiger partial charge in [0.05, 0.1) is 5.75 Å². The highest BCUT2D eigenvalue weighted by Crippen LogP contribution is 1.98. The lowest BCUT2D eigenvalue weighted by Crippen LogP contribution is -2.37. The van der Waals surface area contributed by atoms with Gasteiger partial charge in [-0.3, -0.25) is 4.79 Å². The van der Waals surface area contributed by atoms with Crippen LogP contribution in [0.1, 0.15) is 6.42 Å². The van der Waals surface area contributed by atoms with Gasteiger partial charge in [-0.15, -0.1) is 0 Å². The molecule has 1 rings (SSSR count). The fourth-order valence-electron chi connectivity index (χ4n) is 1.18. The summed E-state index contributed by atoms with van der Waals surface area (Å²) in [6, 6.07) is 0.370. The maximum absolute atomic E-state index is 11.0. The van der Waals surface area contributed by atoms with Crippen LogP contribution in [0.5, 0.6) is 0 Å². The number of amides is 1. The molecular weight excluding hydrogens is 160 g/mol. The zero-order valence-corrected chi connectivity index (χ0v) is 7.54. The number of carbonyl (C=O) groups is 1. The van der Waals surface area contributed by atoms with Crippen molar-refractivity contribution in [3.05, 3.63) is 0 Å². The third-order valence-corrected chi connectivity index (χ3v) is 2.25. The van der Waals surface area contributed by atoms with Gasteiger partial charge in [0.1, 0.15) is 0 Å². The topological polar surface area (TPSA) is 41.1 Å². The Bertz CT molecular complexity index is 134. The first kappa shape index (κ1) is 8.87. The lowest BCUT2D eigenvalue weighted by molar-refractivity contribution is -0.119. The van der Waals surface area contributed by atoms with Gasteiger partial charge in [0.2, 0.25) is 5.91 Å². The minimum absolute atomic E-state index is 0.159. The van der Waals surface area contributed by atoms with E-state index in [0.717, 1.165) is 19.5 Å². The van der Waals surface area contributed by atoms with Gasteiger partial charge in [-0.1, -0.05) is 0 Å². The minimum Gasteiger partial charge on any atom is -0.351 e. The van der Waals surface area contributed by atoms with Gasteiger partial charge in [0.25, 0.3) is 0 Å². The zero-order valence-electron chi connectivity index (χ0n) is 6.72. The fraction of sp³-hybridized carbons (Fsp3) is 0.857. The van der Waals surface area contributed by atoms with Crippen molar-refractivity contribution in [1.29, 1.82) is 0 Å². The van der Waals surface area contributed by atoms with Gasteiger partial charge in [-0.2, -0.15) is 11.8 Å². The summed E-state index contributed by atoms with van der Waals surface area (Å²) in [5.74, 6) is 0.738. The third-order valence-electron chi connectivity index (χ3n) is 1.70. The molecule has 1 atom stereocenters. The van der Waals surface area contributed by atoms with Crippen LogP contribution in [0.3, 0.4) is 0 Å². The fourth-order valence-corrected chi connectivity index (χ4v) is 1.52. The highest BCUT2D eigenvalue weighted by Gasteiger charge is 2.15. The maximum Gasteiger partial charge on any atom is 0.230 e. The van der Waals surface area contributed by atoms with E-state index >= 15 is 0 Å². The molecule has 11 heavy (non-hydrogen) atoms. The van der Waals surface area contributed by atoms with Crippen molar-refractivity contribution in [3.8, 4) is 0 Å². The van der Waals surface area contributed by atoms with Crippen molar-refractivity contribution in [2.45, 2.75) is 12.5 Å². The Hall–Kier alpha value is -0.220. The van der Waals surface area contributed by atoms with Crippen molar-refractivity contribution >= 4 is 17.7 Å². The van der Waals surface area contributed by atoms with Crippen LogP contribution in [-0.2, 0) is 4.79 Å². The predicted molar refractivity (Wildman–Crippen MR) is 47.8 cm³/mol. The first-order valence-corrected chi connectivity index (χ1v) is 5.21. The van der Waals surface area contributed by atoms with Crippen molar-refractivity contribution in [3.63, 3.8) is 0 Å². The molecule has 0 radical (unpaired) electrons. The van der Waals surface area contributed by atoms with Gasteiger partial charge in [-0.25, -0.2) is 0 Å². The summed E-state index contributed by atoms with van der Waals surface area (Å²) in [4.78, 5) is 11.0. The van der Waals surface area contributed by atoms with E-state index in [0.29, 0.717) is 11.8 Å². The van der Waals surface area contributed by atoms with Crippen LogP contribution < -0.4 is 10.6 Å². The van der Waals surface area contributed by atoms with E-state index in [1.54, 1.807) is 11.8 Å². The molecule has 0 aromatic heterocycles. The summed E-state index contributed by atoms with van der Waals surface area (Å²) >= 11 is 1.56. The molecule has 0 saturated carbocycles. The van der Waals surface area contributed by atoms with E-state index in [1.165, 1.54) is 0 Å². The molecule has 1 aliphatic rings. The molecule has 0 aromatic rings. The normalized spacial score (nSPS) is 23.5. The third kappa shape index (κ3) is 3.12. The molecule has 3 nitrogen and oxygen atoms in total. The number of nitrogens with one attached hydrogen (secondary N) is 2. The molecule has 4 heteroatoms. The molecule has 0 spiro atoms. The SMILES string of the molecule is CSCC(=O)N[C@H]1CCNC1. The molecule has 1 saturated heterocycles. The average Bonchev–Trinajstić information content (AvgIpc) is 2.40. The zero-order chi connectivity index (χ0) is 8.10. The Morgan fingerprint density at radius 3 is 3.18 bits per heavy atom. The molecule has 0 unspecified atom stereocenters. The van der Waals surface area contributed by atoms with Crippen LogP contribution >= 0.6 is 11.8 Å². The van der Waals surface area contributed by atoms with Crippen LogP contribution in [0.25, 0.3) is 0 Å². The first-order valence-electron chi connectivity index (χ1n) is 3.82. The van der Waals surface area contributed by atoms with Gasteiger partial charge >= 0.3 is 0 Å². The number of carbonyl (C=O) groups excluding carboxylic acids is 1. The molecule has 64 valence electrons. The van der Waals surface area contributed by atoms with Gasteiger partial charge < -0.3 is 10.6 Å². The second-order valence-corrected chi connectivity index (χ2v) is 3.56. The lowest BCUT2D eigenvalue weighted by atomic mass is 10.3.